The van der Waals surface area contributed by atoms with Crippen molar-refractivity contribution in [3.63, 3.8) is 0 Å². The van der Waals surface area contributed by atoms with Gasteiger partial charge in [-0.2, -0.15) is 0 Å². The average molecular weight is 302 g/mol. The number of benzene rings is 1. The van der Waals surface area contributed by atoms with E-state index in [-0.39, 0.29) is 23.4 Å². The number of hydrogen-bond acceptors (Lipinski definition) is 3. The maximum absolute atomic E-state index is 13.9. The molecule has 5 heteroatoms. The van der Waals surface area contributed by atoms with Crippen molar-refractivity contribution in [3.05, 3.63) is 46.9 Å². The van der Waals surface area contributed by atoms with Gasteiger partial charge in [0.2, 0.25) is 5.76 Å². The number of nitrogens with zero attached hydrogens (tertiary/aromatic N) is 2. The fourth-order valence-corrected chi connectivity index (χ4v) is 2.78. The van der Waals surface area contributed by atoms with Crippen molar-refractivity contribution < 1.29 is 13.6 Å². The van der Waals surface area contributed by atoms with Crippen LogP contribution < -0.4 is 4.90 Å². The summed E-state index contributed by atoms with van der Waals surface area (Å²) in [5, 5.41) is 0. The Morgan fingerprint density at radius 2 is 2.18 bits per heavy atom. The average Bonchev–Trinajstić information content (AvgIpc) is 2.89. The molecule has 2 aromatic rings. The van der Waals surface area contributed by atoms with E-state index in [1.165, 1.54) is 6.07 Å². The summed E-state index contributed by atoms with van der Waals surface area (Å²) < 4.78 is 19.6. The number of rotatable bonds is 2. The topological polar surface area (TPSA) is 46.3 Å². The highest BCUT2D eigenvalue weighted by molar-refractivity contribution is 6.05. The number of anilines is 1. The number of carbonyl (C=O) groups excluding carboxylic acids is 1. The molecule has 0 saturated carbocycles. The highest BCUT2D eigenvalue weighted by Gasteiger charge is 2.29. The molecule has 1 aliphatic rings. The van der Waals surface area contributed by atoms with Crippen LogP contribution in [0.15, 0.2) is 22.6 Å². The first-order chi connectivity index (χ1) is 10.5. The van der Waals surface area contributed by atoms with Crippen LogP contribution in [-0.4, -0.2) is 17.4 Å². The molecular formula is C17H19FN2O2. The molecule has 0 saturated heterocycles. The van der Waals surface area contributed by atoms with E-state index in [4.69, 9.17) is 4.42 Å². The van der Waals surface area contributed by atoms with Crippen molar-refractivity contribution >= 4 is 11.6 Å². The van der Waals surface area contributed by atoms with Gasteiger partial charge in [0.1, 0.15) is 5.82 Å². The van der Waals surface area contributed by atoms with Gasteiger partial charge >= 0.3 is 0 Å². The number of hydrogen-bond donors (Lipinski definition) is 0. The molecule has 1 amide bonds. The predicted octanol–water partition coefficient (Wildman–Crippen LogP) is 3.84. The van der Waals surface area contributed by atoms with Gasteiger partial charge in [-0.1, -0.05) is 19.9 Å². The summed E-state index contributed by atoms with van der Waals surface area (Å²) >= 11 is 0. The smallest absolute Gasteiger partial charge is 0.295 e. The second-order valence-corrected chi connectivity index (χ2v) is 5.92. The molecule has 1 aromatic heterocycles. The Morgan fingerprint density at radius 1 is 1.41 bits per heavy atom. The molecule has 2 heterocycles. The van der Waals surface area contributed by atoms with Crippen LogP contribution in [0.5, 0.6) is 0 Å². The minimum atomic E-state index is -0.257. The standard InChI is InChI=1S/C17H19FN2O2/c1-10(2)16-19-11(3)15(22-16)17(21)20-9-5-6-12-13(18)7-4-8-14(12)20/h4,7-8,10H,5-6,9H2,1-3H3. The van der Waals surface area contributed by atoms with Crippen LogP contribution in [-0.2, 0) is 6.42 Å². The van der Waals surface area contributed by atoms with Crippen LogP contribution in [0.3, 0.4) is 0 Å². The first kappa shape index (κ1) is 14.8. The van der Waals surface area contributed by atoms with Crippen LogP contribution >= 0.6 is 0 Å². The molecule has 0 N–H and O–H groups in total. The van der Waals surface area contributed by atoms with Gasteiger partial charge < -0.3 is 9.32 Å². The lowest BCUT2D eigenvalue weighted by molar-refractivity contribution is 0.0955. The molecule has 0 unspecified atom stereocenters. The molecule has 0 radical (unpaired) electrons. The highest BCUT2D eigenvalue weighted by atomic mass is 19.1. The fraction of sp³-hybridized carbons (Fsp3) is 0.412. The summed E-state index contributed by atoms with van der Waals surface area (Å²) in [7, 11) is 0. The zero-order chi connectivity index (χ0) is 15.9. The van der Waals surface area contributed by atoms with Crippen molar-refractivity contribution in [1.29, 1.82) is 0 Å². The third-order valence-corrected chi connectivity index (χ3v) is 3.94. The molecule has 1 aromatic carbocycles. The number of halogens is 1. The van der Waals surface area contributed by atoms with E-state index in [1.54, 1.807) is 24.0 Å². The number of amides is 1. The Kier molecular flexibility index (Phi) is 3.72. The van der Waals surface area contributed by atoms with E-state index in [0.717, 1.165) is 6.42 Å². The molecule has 3 rings (SSSR count). The molecule has 0 bridgehead atoms. The van der Waals surface area contributed by atoms with Crippen LogP contribution in [0.1, 0.15) is 53.9 Å². The van der Waals surface area contributed by atoms with Crippen molar-refractivity contribution in [1.82, 2.24) is 4.98 Å². The molecule has 4 nitrogen and oxygen atoms in total. The maximum atomic E-state index is 13.9. The van der Waals surface area contributed by atoms with Gasteiger partial charge in [-0.05, 0) is 31.9 Å². The second-order valence-electron chi connectivity index (χ2n) is 5.92. The monoisotopic (exact) mass is 302 g/mol. The lowest BCUT2D eigenvalue weighted by Crippen LogP contribution is -2.36. The number of carbonyl (C=O) groups is 1. The number of oxazole rings is 1. The quantitative estimate of drug-likeness (QED) is 0.846. The summed E-state index contributed by atoms with van der Waals surface area (Å²) in [4.78, 5) is 18.7. The molecule has 0 fully saturated rings. The Morgan fingerprint density at radius 3 is 2.86 bits per heavy atom. The van der Waals surface area contributed by atoms with Crippen LogP contribution in [0.2, 0.25) is 0 Å². The SMILES string of the molecule is Cc1nc(C(C)C)oc1C(=O)N1CCCc2c(F)cccc21. The number of fused-ring (bicyclic) bond motifs is 1. The van der Waals surface area contributed by atoms with Crippen LogP contribution in [0.4, 0.5) is 10.1 Å². The van der Waals surface area contributed by atoms with E-state index in [0.29, 0.717) is 35.8 Å². The van der Waals surface area contributed by atoms with Gasteiger partial charge in [0.05, 0.1) is 11.4 Å². The molecular weight excluding hydrogens is 283 g/mol. The van der Waals surface area contributed by atoms with Crippen molar-refractivity contribution in [2.75, 3.05) is 11.4 Å². The zero-order valence-electron chi connectivity index (χ0n) is 13.0. The Bertz CT molecular complexity index is 721. The Labute approximate surface area is 129 Å². The predicted molar refractivity (Wildman–Crippen MR) is 81.7 cm³/mol. The van der Waals surface area contributed by atoms with Crippen molar-refractivity contribution in [2.45, 2.75) is 39.5 Å². The Balaban J connectivity index is 1.99. The van der Waals surface area contributed by atoms with Crippen LogP contribution in [0.25, 0.3) is 0 Å². The maximum Gasteiger partial charge on any atom is 0.295 e. The Hall–Kier alpha value is -2.17. The first-order valence-electron chi connectivity index (χ1n) is 7.55. The van der Waals surface area contributed by atoms with E-state index in [1.807, 2.05) is 13.8 Å². The molecule has 0 aliphatic carbocycles. The van der Waals surface area contributed by atoms with E-state index in [9.17, 15) is 9.18 Å². The molecule has 0 atom stereocenters. The van der Waals surface area contributed by atoms with Crippen molar-refractivity contribution in [2.24, 2.45) is 0 Å². The molecule has 1 aliphatic heterocycles. The minimum absolute atomic E-state index is 0.117. The lowest BCUT2D eigenvalue weighted by atomic mass is 10.0. The zero-order valence-corrected chi connectivity index (χ0v) is 13.0. The van der Waals surface area contributed by atoms with E-state index >= 15 is 0 Å². The number of aryl methyl sites for hydroxylation is 1. The summed E-state index contributed by atoms with van der Waals surface area (Å²) in [6.07, 6.45) is 1.39. The van der Waals surface area contributed by atoms with Gasteiger partial charge in [-0.25, -0.2) is 9.37 Å². The van der Waals surface area contributed by atoms with Gasteiger partial charge in [0.15, 0.2) is 5.89 Å². The van der Waals surface area contributed by atoms with Gasteiger partial charge in [-0.15, -0.1) is 0 Å². The first-order valence-corrected chi connectivity index (χ1v) is 7.55. The van der Waals surface area contributed by atoms with Gasteiger partial charge in [0, 0.05) is 18.0 Å². The minimum Gasteiger partial charge on any atom is -0.435 e. The third-order valence-electron chi connectivity index (χ3n) is 3.94. The van der Waals surface area contributed by atoms with E-state index < -0.39 is 0 Å². The summed E-state index contributed by atoms with van der Waals surface area (Å²) in [5.41, 5.74) is 1.82. The normalized spacial score (nSPS) is 14.3. The third kappa shape index (κ3) is 2.40. The molecule has 116 valence electrons. The largest absolute Gasteiger partial charge is 0.435 e. The van der Waals surface area contributed by atoms with Crippen molar-refractivity contribution in [3.8, 4) is 0 Å². The lowest BCUT2D eigenvalue weighted by Gasteiger charge is -2.29. The second kappa shape index (κ2) is 5.55. The van der Waals surface area contributed by atoms with Crippen LogP contribution in [0, 0.1) is 12.7 Å². The van der Waals surface area contributed by atoms with Gasteiger partial charge in [0.25, 0.3) is 5.91 Å². The fourth-order valence-electron chi connectivity index (χ4n) is 2.78. The summed E-state index contributed by atoms with van der Waals surface area (Å²) in [6, 6.07) is 4.85. The highest BCUT2D eigenvalue weighted by Crippen LogP contribution is 2.31. The molecule has 0 spiro atoms. The van der Waals surface area contributed by atoms with E-state index in [2.05, 4.69) is 4.98 Å². The van der Waals surface area contributed by atoms with Gasteiger partial charge in [-0.3, -0.25) is 4.79 Å². The number of aromatic nitrogens is 1. The molecule has 22 heavy (non-hydrogen) atoms. The summed E-state index contributed by atoms with van der Waals surface area (Å²) in [6.45, 7) is 6.25. The summed E-state index contributed by atoms with van der Waals surface area (Å²) in [5.74, 6) is 0.417.